The first-order valence-corrected chi connectivity index (χ1v) is 7.75. The van der Waals surface area contributed by atoms with Gasteiger partial charge in [-0.15, -0.1) is 0 Å². The molecular formula is C13H15F3O7S. The number of rotatable bonds is 4. The number of halogens is 3. The van der Waals surface area contributed by atoms with Crippen molar-refractivity contribution in [1.82, 2.24) is 0 Å². The predicted molar refractivity (Wildman–Crippen MR) is 76.1 cm³/mol. The van der Waals surface area contributed by atoms with Gasteiger partial charge < -0.3 is 13.7 Å². The van der Waals surface area contributed by atoms with Crippen LogP contribution in [-0.2, 0) is 19.6 Å². The molecule has 1 rings (SSSR count). The van der Waals surface area contributed by atoms with Crippen molar-refractivity contribution in [2.24, 2.45) is 0 Å². The number of alkyl halides is 3. The third kappa shape index (κ3) is 5.11. The Kier molecular flexibility index (Phi) is 7.71. The van der Waals surface area contributed by atoms with Gasteiger partial charge in [0.25, 0.3) is 0 Å². The average Bonchev–Trinajstić information content (AvgIpc) is 2.54. The van der Waals surface area contributed by atoms with Gasteiger partial charge in [-0.25, -0.2) is 9.59 Å². The summed E-state index contributed by atoms with van der Waals surface area (Å²) in [5, 5.41) is 0. The number of carbonyl (C=O) groups is 2. The van der Waals surface area contributed by atoms with E-state index in [1.54, 1.807) is 0 Å². The Balaban J connectivity index is 0.00000254. The molecule has 0 unspecified atom stereocenters. The Morgan fingerprint density at radius 2 is 1.50 bits per heavy atom. The molecule has 0 aliphatic carbocycles. The molecule has 136 valence electrons. The Labute approximate surface area is 136 Å². The zero-order valence-electron chi connectivity index (χ0n) is 13.1. The van der Waals surface area contributed by atoms with Gasteiger partial charge in [0.15, 0.2) is 5.75 Å². The maximum atomic E-state index is 12.3. The number of hydrogen-bond acceptors (Lipinski definition) is 7. The van der Waals surface area contributed by atoms with Crippen LogP contribution in [0.25, 0.3) is 0 Å². The summed E-state index contributed by atoms with van der Waals surface area (Å²) in [5.41, 5.74) is -6.57. The predicted octanol–water partition coefficient (Wildman–Crippen LogP) is 2.51. The third-order valence-corrected chi connectivity index (χ3v) is 3.25. The van der Waals surface area contributed by atoms with Crippen LogP contribution < -0.4 is 4.18 Å². The highest BCUT2D eigenvalue weighted by atomic mass is 32.2. The molecule has 0 aliphatic heterocycles. The van der Waals surface area contributed by atoms with Crippen molar-refractivity contribution >= 4 is 22.1 Å². The summed E-state index contributed by atoms with van der Waals surface area (Å²) >= 11 is 0. The van der Waals surface area contributed by atoms with E-state index >= 15 is 0 Å². The fourth-order valence-corrected chi connectivity index (χ4v) is 1.76. The highest BCUT2D eigenvalue weighted by Gasteiger charge is 2.49. The minimum atomic E-state index is -5.98. The summed E-state index contributed by atoms with van der Waals surface area (Å²) in [5.74, 6) is -3.02. The van der Waals surface area contributed by atoms with Crippen LogP contribution in [0.15, 0.2) is 18.2 Å². The Morgan fingerprint density at radius 3 is 1.92 bits per heavy atom. The topological polar surface area (TPSA) is 96.0 Å². The van der Waals surface area contributed by atoms with Crippen LogP contribution in [0.5, 0.6) is 5.75 Å². The molecule has 0 fully saturated rings. The maximum absolute atomic E-state index is 12.3. The van der Waals surface area contributed by atoms with Gasteiger partial charge in [-0.3, -0.25) is 0 Å². The number of hydrogen-bond donors (Lipinski definition) is 0. The van der Waals surface area contributed by atoms with Crippen LogP contribution in [0.3, 0.4) is 0 Å². The van der Waals surface area contributed by atoms with Crippen molar-refractivity contribution in [1.29, 1.82) is 0 Å². The molecule has 0 aliphatic rings. The van der Waals surface area contributed by atoms with Gasteiger partial charge in [0, 0.05) is 0 Å². The van der Waals surface area contributed by atoms with E-state index < -0.39 is 38.9 Å². The van der Waals surface area contributed by atoms with Crippen molar-refractivity contribution < 1.29 is 44.8 Å². The largest absolute Gasteiger partial charge is 0.534 e. The lowest BCUT2D eigenvalue weighted by Gasteiger charge is -2.12. The highest BCUT2D eigenvalue weighted by molar-refractivity contribution is 7.88. The monoisotopic (exact) mass is 372 g/mol. The molecule has 1 aromatic carbocycles. The van der Waals surface area contributed by atoms with E-state index in [1.807, 2.05) is 13.8 Å². The third-order valence-electron chi connectivity index (χ3n) is 2.29. The smallest absolute Gasteiger partial charge is 0.465 e. The second-order valence-electron chi connectivity index (χ2n) is 3.68. The minimum absolute atomic E-state index is 0.209. The van der Waals surface area contributed by atoms with Gasteiger partial charge in [-0.05, 0) is 18.2 Å². The number of benzene rings is 1. The molecule has 11 heteroatoms. The SMILES string of the molecule is CC.COC(=O)c1ccc(OS(=O)(=O)C(F)(F)F)c(C(=O)OC)c1. The summed E-state index contributed by atoms with van der Waals surface area (Å²) in [6.07, 6.45) is 0. The van der Waals surface area contributed by atoms with Gasteiger partial charge >= 0.3 is 27.6 Å². The van der Waals surface area contributed by atoms with Crippen LogP contribution in [-0.4, -0.2) is 40.1 Å². The molecule has 7 nitrogen and oxygen atoms in total. The Morgan fingerprint density at radius 1 is 1.00 bits per heavy atom. The van der Waals surface area contributed by atoms with Gasteiger partial charge in [0.1, 0.15) is 5.56 Å². The molecule has 0 bridgehead atoms. The molecule has 0 N–H and O–H groups in total. The summed E-state index contributed by atoms with van der Waals surface area (Å²) < 4.78 is 71.4. The first-order chi connectivity index (χ1) is 11.0. The number of carbonyl (C=O) groups excluding carboxylic acids is 2. The zero-order chi connectivity index (χ0) is 19.1. The molecule has 0 aromatic heterocycles. The van der Waals surface area contributed by atoms with E-state index in [1.165, 1.54) is 0 Å². The van der Waals surface area contributed by atoms with Crippen LogP contribution in [0.1, 0.15) is 34.6 Å². The lowest BCUT2D eigenvalue weighted by atomic mass is 10.1. The van der Waals surface area contributed by atoms with E-state index in [2.05, 4.69) is 13.7 Å². The fourth-order valence-electron chi connectivity index (χ4n) is 1.28. The summed E-state index contributed by atoms with van der Waals surface area (Å²) in [6, 6.07) is 2.43. The van der Waals surface area contributed by atoms with Crippen LogP contribution in [0.2, 0.25) is 0 Å². The molecule has 24 heavy (non-hydrogen) atoms. The van der Waals surface area contributed by atoms with Gasteiger partial charge in [-0.1, -0.05) is 13.8 Å². The average molecular weight is 372 g/mol. The fraction of sp³-hybridized carbons (Fsp3) is 0.385. The van der Waals surface area contributed by atoms with Crippen molar-refractivity contribution in [3.05, 3.63) is 29.3 Å². The Bertz CT molecular complexity index is 696. The summed E-state index contributed by atoms with van der Waals surface area (Å²) in [4.78, 5) is 22.8. The normalized spacial score (nSPS) is 11.0. The maximum Gasteiger partial charge on any atom is 0.534 e. The van der Waals surface area contributed by atoms with Crippen molar-refractivity contribution in [3.63, 3.8) is 0 Å². The number of esters is 2. The second-order valence-corrected chi connectivity index (χ2v) is 5.22. The number of ether oxygens (including phenoxy) is 2. The van der Waals surface area contributed by atoms with Crippen molar-refractivity contribution in [3.8, 4) is 5.75 Å². The summed E-state index contributed by atoms with van der Waals surface area (Å²) in [7, 11) is -4.03. The van der Waals surface area contributed by atoms with Gasteiger partial charge in [0.05, 0.1) is 19.8 Å². The molecule has 0 saturated heterocycles. The Hall–Kier alpha value is -2.30. The zero-order valence-corrected chi connectivity index (χ0v) is 13.9. The molecule has 0 amide bonds. The second kappa shape index (κ2) is 8.52. The molecule has 0 atom stereocenters. The number of methoxy groups -OCH3 is 2. The molecular weight excluding hydrogens is 357 g/mol. The van der Waals surface area contributed by atoms with E-state index in [4.69, 9.17) is 0 Å². The van der Waals surface area contributed by atoms with E-state index in [-0.39, 0.29) is 5.56 Å². The first-order valence-electron chi connectivity index (χ1n) is 6.35. The minimum Gasteiger partial charge on any atom is -0.465 e. The van der Waals surface area contributed by atoms with Crippen LogP contribution >= 0.6 is 0 Å². The first kappa shape index (κ1) is 21.7. The molecule has 0 heterocycles. The standard InChI is InChI=1S/C11H9F3O7S.C2H6/c1-19-9(15)6-3-4-8(7(5-6)10(16)20-2)21-22(17,18)11(12,13)14;1-2/h3-5H,1-2H3;1-2H3. The van der Waals surface area contributed by atoms with E-state index in [9.17, 15) is 31.2 Å². The van der Waals surface area contributed by atoms with Crippen molar-refractivity contribution in [2.75, 3.05) is 14.2 Å². The highest BCUT2D eigenvalue weighted by Crippen LogP contribution is 2.30. The van der Waals surface area contributed by atoms with E-state index in [0.717, 1.165) is 26.4 Å². The van der Waals surface area contributed by atoms with Crippen LogP contribution in [0, 0.1) is 0 Å². The molecule has 0 spiro atoms. The van der Waals surface area contributed by atoms with Gasteiger partial charge in [0.2, 0.25) is 0 Å². The lowest BCUT2D eigenvalue weighted by molar-refractivity contribution is -0.0500. The molecule has 0 saturated carbocycles. The quantitative estimate of drug-likeness (QED) is 0.455. The van der Waals surface area contributed by atoms with Gasteiger partial charge in [-0.2, -0.15) is 21.6 Å². The summed E-state index contributed by atoms with van der Waals surface area (Å²) in [6.45, 7) is 4.00. The van der Waals surface area contributed by atoms with Crippen molar-refractivity contribution in [2.45, 2.75) is 19.4 Å². The lowest BCUT2D eigenvalue weighted by Crippen LogP contribution is -2.28. The van der Waals surface area contributed by atoms with E-state index in [0.29, 0.717) is 6.07 Å². The van der Waals surface area contributed by atoms with Crippen LogP contribution in [0.4, 0.5) is 13.2 Å². The molecule has 0 radical (unpaired) electrons. The molecule has 1 aromatic rings.